The zero-order valence-electron chi connectivity index (χ0n) is 11.0. The highest BCUT2D eigenvalue weighted by Gasteiger charge is 2.25. The molecule has 0 atom stereocenters. The van der Waals surface area contributed by atoms with Crippen molar-refractivity contribution in [2.75, 3.05) is 53.0 Å². The molecule has 8 nitrogen and oxygen atoms in total. The van der Waals surface area contributed by atoms with Crippen molar-refractivity contribution in [3.8, 4) is 0 Å². The number of rotatable bonds is 7. The van der Waals surface area contributed by atoms with E-state index in [-0.39, 0.29) is 13.1 Å². The lowest BCUT2D eigenvalue weighted by Crippen LogP contribution is -2.43. The quantitative estimate of drug-likeness (QED) is 0.558. The fraction of sp³-hybridized carbons (Fsp3) is 0.900. The molecule has 0 aliphatic carbocycles. The number of carboxylic acid groups (broad SMARTS) is 1. The van der Waals surface area contributed by atoms with Gasteiger partial charge in [-0.25, -0.2) is 0 Å². The van der Waals surface area contributed by atoms with E-state index in [1.165, 1.54) is 11.4 Å². The predicted octanol–water partition coefficient (Wildman–Crippen LogP) is -1.44. The molecule has 0 unspecified atom stereocenters. The van der Waals surface area contributed by atoms with E-state index < -0.39 is 16.2 Å². The molecular formula is C10H21N3O5S. The molecule has 0 aromatic rings. The molecule has 19 heavy (non-hydrogen) atoms. The Morgan fingerprint density at radius 1 is 1.32 bits per heavy atom. The van der Waals surface area contributed by atoms with E-state index in [1.807, 2.05) is 0 Å². The first-order valence-electron chi connectivity index (χ1n) is 6.13. The van der Waals surface area contributed by atoms with Gasteiger partial charge < -0.3 is 9.84 Å². The first-order chi connectivity index (χ1) is 8.95. The Morgan fingerprint density at radius 2 is 2.05 bits per heavy atom. The Morgan fingerprint density at radius 3 is 2.68 bits per heavy atom. The summed E-state index contributed by atoms with van der Waals surface area (Å²) >= 11 is 0. The van der Waals surface area contributed by atoms with E-state index in [0.717, 1.165) is 0 Å². The van der Waals surface area contributed by atoms with Crippen LogP contribution < -0.4 is 4.72 Å². The van der Waals surface area contributed by atoms with Crippen molar-refractivity contribution in [3.63, 3.8) is 0 Å². The zero-order chi connectivity index (χ0) is 14.3. The van der Waals surface area contributed by atoms with Gasteiger partial charge in [-0.2, -0.15) is 17.4 Å². The molecule has 1 aliphatic heterocycles. The SMILES string of the molecule is COCCNS(=O)(=O)N1CCCN(CC(=O)O)CC1. The van der Waals surface area contributed by atoms with Crippen LogP contribution in [0.3, 0.4) is 0 Å². The first-order valence-corrected chi connectivity index (χ1v) is 7.57. The van der Waals surface area contributed by atoms with Gasteiger partial charge in [0.1, 0.15) is 0 Å². The number of nitrogens with one attached hydrogen (secondary N) is 1. The summed E-state index contributed by atoms with van der Waals surface area (Å²) in [4.78, 5) is 12.4. The topological polar surface area (TPSA) is 99.2 Å². The van der Waals surface area contributed by atoms with Crippen LogP contribution >= 0.6 is 0 Å². The molecule has 1 aliphatic rings. The number of hydrogen-bond donors (Lipinski definition) is 2. The smallest absolute Gasteiger partial charge is 0.317 e. The van der Waals surface area contributed by atoms with Gasteiger partial charge in [0.15, 0.2) is 0 Å². The highest BCUT2D eigenvalue weighted by Crippen LogP contribution is 2.06. The minimum absolute atomic E-state index is 0.0506. The van der Waals surface area contributed by atoms with Crippen LogP contribution in [0.5, 0.6) is 0 Å². The second-order valence-corrected chi connectivity index (χ2v) is 6.07. The molecule has 0 aromatic heterocycles. The van der Waals surface area contributed by atoms with Crippen LogP contribution in [0.4, 0.5) is 0 Å². The first kappa shape index (κ1) is 16.3. The van der Waals surface area contributed by atoms with Crippen molar-refractivity contribution in [2.45, 2.75) is 6.42 Å². The van der Waals surface area contributed by atoms with Crippen molar-refractivity contribution >= 4 is 16.2 Å². The van der Waals surface area contributed by atoms with Crippen LogP contribution in [-0.2, 0) is 19.7 Å². The third kappa shape index (κ3) is 5.83. The Hall–Kier alpha value is -0.740. The summed E-state index contributed by atoms with van der Waals surface area (Å²) in [5.41, 5.74) is 0. The van der Waals surface area contributed by atoms with E-state index in [9.17, 15) is 13.2 Å². The monoisotopic (exact) mass is 295 g/mol. The average Bonchev–Trinajstić information content (AvgIpc) is 2.54. The van der Waals surface area contributed by atoms with E-state index in [1.54, 1.807) is 4.90 Å². The molecule has 0 spiro atoms. The van der Waals surface area contributed by atoms with Gasteiger partial charge >= 0.3 is 5.97 Å². The van der Waals surface area contributed by atoms with Gasteiger partial charge in [-0.1, -0.05) is 0 Å². The number of methoxy groups -OCH3 is 1. The summed E-state index contributed by atoms with van der Waals surface area (Å²) in [6, 6.07) is 0. The van der Waals surface area contributed by atoms with Gasteiger partial charge in [-0.05, 0) is 6.42 Å². The van der Waals surface area contributed by atoms with Crippen molar-refractivity contribution in [2.24, 2.45) is 0 Å². The van der Waals surface area contributed by atoms with Gasteiger partial charge in [0.25, 0.3) is 10.2 Å². The second kappa shape index (κ2) is 7.75. The largest absolute Gasteiger partial charge is 0.480 e. The van der Waals surface area contributed by atoms with E-state index in [0.29, 0.717) is 39.2 Å². The minimum Gasteiger partial charge on any atom is -0.480 e. The number of hydrogen-bond acceptors (Lipinski definition) is 5. The molecule has 1 heterocycles. The van der Waals surface area contributed by atoms with Gasteiger partial charge in [-0.3, -0.25) is 9.69 Å². The predicted molar refractivity (Wildman–Crippen MR) is 69.1 cm³/mol. The fourth-order valence-electron chi connectivity index (χ4n) is 1.90. The molecule has 0 bridgehead atoms. The third-order valence-electron chi connectivity index (χ3n) is 2.84. The van der Waals surface area contributed by atoms with Crippen LogP contribution in [0.2, 0.25) is 0 Å². The third-order valence-corrected chi connectivity index (χ3v) is 4.45. The van der Waals surface area contributed by atoms with E-state index in [2.05, 4.69) is 4.72 Å². The Labute approximate surface area is 113 Å². The standard InChI is InChI=1S/C10H21N3O5S/c1-18-8-3-11-19(16,17)13-5-2-4-12(6-7-13)9-10(14)15/h11H,2-9H2,1H3,(H,14,15). The van der Waals surface area contributed by atoms with Crippen LogP contribution in [0, 0.1) is 0 Å². The second-order valence-electron chi connectivity index (χ2n) is 4.31. The summed E-state index contributed by atoms with van der Waals surface area (Å²) < 4.78 is 32.5. The fourth-order valence-corrected chi connectivity index (χ4v) is 3.12. The maximum atomic E-state index is 12.0. The van der Waals surface area contributed by atoms with Crippen LogP contribution in [0.15, 0.2) is 0 Å². The highest BCUT2D eigenvalue weighted by molar-refractivity contribution is 7.87. The lowest BCUT2D eigenvalue weighted by molar-refractivity contribution is -0.138. The molecule has 1 fully saturated rings. The summed E-state index contributed by atoms with van der Waals surface area (Å²) in [7, 11) is -2.00. The maximum Gasteiger partial charge on any atom is 0.317 e. The Balaban J connectivity index is 2.49. The molecule has 0 radical (unpaired) electrons. The van der Waals surface area contributed by atoms with Gasteiger partial charge in [-0.15, -0.1) is 0 Å². The molecule has 112 valence electrons. The number of ether oxygens (including phenoxy) is 1. The van der Waals surface area contributed by atoms with Crippen LogP contribution in [-0.4, -0.2) is 81.7 Å². The van der Waals surface area contributed by atoms with Crippen LogP contribution in [0.1, 0.15) is 6.42 Å². The molecule has 0 saturated carbocycles. The average molecular weight is 295 g/mol. The molecule has 1 rings (SSSR count). The van der Waals surface area contributed by atoms with Crippen molar-refractivity contribution in [3.05, 3.63) is 0 Å². The molecule has 1 saturated heterocycles. The lowest BCUT2D eigenvalue weighted by Gasteiger charge is -2.20. The van der Waals surface area contributed by atoms with Crippen LogP contribution in [0.25, 0.3) is 0 Å². The molecule has 9 heteroatoms. The summed E-state index contributed by atoms with van der Waals surface area (Å²) in [6.07, 6.45) is 0.623. The molecule has 0 aromatic carbocycles. The van der Waals surface area contributed by atoms with E-state index >= 15 is 0 Å². The Bertz CT molecular complexity index is 387. The van der Waals surface area contributed by atoms with Gasteiger partial charge in [0.2, 0.25) is 0 Å². The Kier molecular flexibility index (Phi) is 6.66. The summed E-state index contributed by atoms with van der Waals surface area (Å²) in [6.45, 7) is 2.22. The zero-order valence-corrected chi connectivity index (χ0v) is 11.9. The number of carboxylic acids is 1. The summed E-state index contributed by atoms with van der Waals surface area (Å²) in [5.74, 6) is -0.894. The normalized spacial score (nSPS) is 19.2. The summed E-state index contributed by atoms with van der Waals surface area (Å²) in [5, 5.41) is 8.73. The van der Waals surface area contributed by atoms with E-state index in [4.69, 9.17) is 9.84 Å². The molecule has 0 amide bonds. The molecule has 2 N–H and O–H groups in total. The number of nitrogens with zero attached hydrogens (tertiary/aromatic N) is 2. The van der Waals surface area contributed by atoms with Crippen molar-refractivity contribution < 1.29 is 23.1 Å². The molecular weight excluding hydrogens is 274 g/mol. The number of aliphatic carboxylic acids is 1. The van der Waals surface area contributed by atoms with Crippen molar-refractivity contribution in [1.29, 1.82) is 0 Å². The van der Waals surface area contributed by atoms with Gasteiger partial charge in [0, 0.05) is 39.8 Å². The maximum absolute atomic E-state index is 12.0. The highest BCUT2D eigenvalue weighted by atomic mass is 32.2. The minimum atomic E-state index is -3.50. The lowest BCUT2D eigenvalue weighted by atomic mass is 10.4. The van der Waals surface area contributed by atoms with Crippen molar-refractivity contribution in [1.82, 2.24) is 13.9 Å². The number of carbonyl (C=O) groups is 1. The van der Waals surface area contributed by atoms with Gasteiger partial charge in [0.05, 0.1) is 13.2 Å².